The minimum absolute atomic E-state index is 0.401. The van der Waals surface area contributed by atoms with Gasteiger partial charge in [-0.3, -0.25) is 4.90 Å². The monoisotopic (exact) mass is 386 g/mol. The van der Waals surface area contributed by atoms with Gasteiger partial charge in [0.25, 0.3) is 0 Å². The van der Waals surface area contributed by atoms with Crippen LogP contribution in [0.1, 0.15) is 35.1 Å². The van der Waals surface area contributed by atoms with Crippen LogP contribution < -0.4 is 4.72 Å². The highest BCUT2D eigenvalue weighted by Crippen LogP contribution is 2.23. The molecule has 1 aliphatic rings. The number of hydrogen-bond donors (Lipinski definition) is 1. The van der Waals surface area contributed by atoms with Crippen LogP contribution >= 0.6 is 0 Å². The molecule has 0 amide bonds. The lowest BCUT2D eigenvalue weighted by atomic mass is 9.97. The van der Waals surface area contributed by atoms with Gasteiger partial charge in [0, 0.05) is 13.1 Å². The van der Waals surface area contributed by atoms with Gasteiger partial charge < -0.3 is 0 Å². The van der Waals surface area contributed by atoms with Crippen molar-refractivity contribution in [1.82, 2.24) is 9.62 Å². The fourth-order valence-corrected chi connectivity index (χ4v) is 5.65. The molecule has 1 fully saturated rings. The first-order valence-electron chi connectivity index (χ1n) is 9.69. The van der Waals surface area contributed by atoms with E-state index in [-0.39, 0.29) is 0 Å². The molecule has 1 aliphatic heterocycles. The Bertz CT molecular complexity index is 847. The van der Waals surface area contributed by atoms with Gasteiger partial charge in [-0.25, -0.2) is 13.1 Å². The van der Waals surface area contributed by atoms with E-state index in [1.807, 2.05) is 39.0 Å². The Labute approximate surface area is 163 Å². The van der Waals surface area contributed by atoms with Crippen molar-refractivity contribution in [2.45, 2.75) is 45.1 Å². The fraction of sp³-hybridized carbons (Fsp3) is 0.455. The third-order valence-electron chi connectivity index (χ3n) is 5.39. The van der Waals surface area contributed by atoms with Crippen molar-refractivity contribution < 1.29 is 8.42 Å². The second-order valence-corrected chi connectivity index (χ2v) is 9.49. The highest BCUT2D eigenvalue weighted by molar-refractivity contribution is 7.89. The number of rotatable bonds is 6. The molecule has 0 atom stereocenters. The molecule has 0 unspecified atom stereocenters. The molecular weight excluding hydrogens is 356 g/mol. The van der Waals surface area contributed by atoms with Crippen LogP contribution in [0.2, 0.25) is 0 Å². The van der Waals surface area contributed by atoms with Crippen molar-refractivity contribution in [3.63, 3.8) is 0 Å². The van der Waals surface area contributed by atoms with E-state index in [9.17, 15) is 8.42 Å². The molecule has 0 radical (unpaired) electrons. The van der Waals surface area contributed by atoms with Gasteiger partial charge >= 0.3 is 0 Å². The summed E-state index contributed by atoms with van der Waals surface area (Å²) in [5.41, 5.74) is 4.06. The molecule has 0 saturated carbocycles. The van der Waals surface area contributed by atoms with E-state index in [2.05, 4.69) is 33.9 Å². The lowest BCUT2D eigenvalue weighted by Gasteiger charge is -2.32. The first-order chi connectivity index (χ1) is 12.8. The van der Waals surface area contributed by atoms with Crippen LogP contribution in [0.4, 0.5) is 0 Å². The number of aryl methyl sites for hydroxylation is 3. The van der Waals surface area contributed by atoms with E-state index in [1.54, 1.807) is 0 Å². The molecular formula is C22H30N2O2S. The zero-order valence-corrected chi connectivity index (χ0v) is 17.3. The van der Waals surface area contributed by atoms with Crippen LogP contribution in [0, 0.1) is 26.7 Å². The first kappa shape index (κ1) is 20.1. The average Bonchev–Trinajstić information content (AvgIpc) is 2.61. The molecule has 1 heterocycles. The van der Waals surface area contributed by atoms with Crippen molar-refractivity contribution in [2.24, 2.45) is 5.92 Å². The summed E-state index contributed by atoms with van der Waals surface area (Å²) >= 11 is 0. The predicted molar refractivity (Wildman–Crippen MR) is 110 cm³/mol. The maximum absolute atomic E-state index is 12.8. The van der Waals surface area contributed by atoms with Crippen LogP contribution in [-0.2, 0) is 16.6 Å². The Kier molecular flexibility index (Phi) is 6.35. The van der Waals surface area contributed by atoms with Gasteiger partial charge in [-0.1, -0.05) is 48.0 Å². The summed E-state index contributed by atoms with van der Waals surface area (Å²) in [6.07, 6.45) is 2.06. The number of nitrogens with one attached hydrogen (secondary N) is 1. The summed E-state index contributed by atoms with van der Waals surface area (Å²) in [6.45, 7) is 9.27. The molecule has 5 heteroatoms. The highest BCUT2D eigenvalue weighted by atomic mass is 32.2. The van der Waals surface area contributed by atoms with Gasteiger partial charge in [0.15, 0.2) is 0 Å². The van der Waals surface area contributed by atoms with Crippen LogP contribution in [0.25, 0.3) is 0 Å². The highest BCUT2D eigenvalue weighted by Gasteiger charge is 2.24. The first-order valence-corrected chi connectivity index (χ1v) is 11.2. The number of hydrogen-bond acceptors (Lipinski definition) is 3. The van der Waals surface area contributed by atoms with Crippen molar-refractivity contribution in [3.8, 4) is 0 Å². The molecule has 3 rings (SSSR count). The lowest BCUT2D eigenvalue weighted by Crippen LogP contribution is -2.38. The minimum Gasteiger partial charge on any atom is -0.299 e. The zero-order chi connectivity index (χ0) is 19.4. The van der Waals surface area contributed by atoms with Crippen LogP contribution in [-0.4, -0.2) is 33.0 Å². The Morgan fingerprint density at radius 3 is 2.19 bits per heavy atom. The van der Waals surface area contributed by atoms with Gasteiger partial charge in [-0.2, -0.15) is 0 Å². The number of piperidine rings is 1. The topological polar surface area (TPSA) is 49.4 Å². The van der Waals surface area contributed by atoms with E-state index in [1.165, 1.54) is 5.56 Å². The molecule has 0 aliphatic carbocycles. The number of nitrogens with zero attached hydrogens (tertiary/aromatic N) is 1. The summed E-state index contributed by atoms with van der Waals surface area (Å²) in [6, 6.07) is 14.4. The van der Waals surface area contributed by atoms with E-state index in [0.29, 0.717) is 17.4 Å². The molecule has 2 aromatic rings. The minimum atomic E-state index is -3.46. The van der Waals surface area contributed by atoms with Gasteiger partial charge in [0.05, 0.1) is 4.90 Å². The maximum Gasteiger partial charge on any atom is 0.241 e. The third-order valence-corrected chi connectivity index (χ3v) is 7.12. The Morgan fingerprint density at radius 1 is 1.00 bits per heavy atom. The predicted octanol–water partition coefficient (Wildman–Crippen LogP) is 3.80. The molecule has 2 aromatic carbocycles. The molecule has 146 valence electrons. The number of likely N-dealkylation sites (tertiary alicyclic amines) is 1. The van der Waals surface area contributed by atoms with Crippen molar-refractivity contribution in [3.05, 3.63) is 64.7 Å². The Morgan fingerprint density at radius 2 is 1.59 bits per heavy atom. The van der Waals surface area contributed by atoms with E-state index < -0.39 is 10.0 Å². The van der Waals surface area contributed by atoms with E-state index >= 15 is 0 Å². The second kappa shape index (κ2) is 8.55. The normalized spacial score (nSPS) is 16.6. The number of sulfonamides is 1. The molecule has 0 aromatic heterocycles. The fourth-order valence-electron chi connectivity index (χ4n) is 4.08. The average molecular weight is 387 g/mol. The Hall–Kier alpha value is -1.69. The van der Waals surface area contributed by atoms with E-state index in [0.717, 1.165) is 49.2 Å². The number of benzene rings is 2. The molecule has 0 bridgehead atoms. The SMILES string of the molecule is Cc1cc(C)c(S(=O)(=O)NCC2CCN(Cc3ccccc3)CC2)c(C)c1. The third kappa shape index (κ3) is 5.18. The summed E-state index contributed by atoms with van der Waals surface area (Å²) < 4.78 is 28.5. The van der Waals surface area contributed by atoms with Crippen LogP contribution in [0.5, 0.6) is 0 Å². The van der Waals surface area contributed by atoms with Gasteiger partial charge in [-0.05, 0) is 69.3 Å². The summed E-state index contributed by atoms with van der Waals surface area (Å²) in [5, 5.41) is 0. The zero-order valence-electron chi connectivity index (χ0n) is 16.5. The molecule has 27 heavy (non-hydrogen) atoms. The largest absolute Gasteiger partial charge is 0.299 e. The van der Waals surface area contributed by atoms with Crippen LogP contribution in [0.3, 0.4) is 0 Å². The van der Waals surface area contributed by atoms with Crippen molar-refractivity contribution >= 4 is 10.0 Å². The molecule has 1 saturated heterocycles. The van der Waals surface area contributed by atoms with Gasteiger partial charge in [-0.15, -0.1) is 0 Å². The van der Waals surface area contributed by atoms with Crippen molar-refractivity contribution in [2.75, 3.05) is 19.6 Å². The molecule has 4 nitrogen and oxygen atoms in total. The quantitative estimate of drug-likeness (QED) is 0.821. The lowest BCUT2D eigenvalue weighted by molar-refractivity contribution is 0.178. The molecule has 1 N–H and O–H groups in total. The summed E-state index contributed by atoms with van der Waals surface area (Å²) in [5.74, 6) is 0.401. The smallest absolute Gasteiger partial charge is 0.241 e. The van der Waals surface area contributed by atoms with Crippen molar-refractivity contribution in [1.29, 1.82) is 0 Å². The Balaban J connectivity index is 1.54. The standard InChI is InChI=1S/C22H30N2O2S/c1-17-13-18(2)22(19(3)14-17)27(25,26)23-15-20-9-11-24(12-10-20)16-21-7-5-4-6-8-21/h4-8,13-14,20,23H,9-12,15-16H2,1-3H3. The van der Waals surface area contributed by atoms with E-state index in [4.69, 9.17) is 0 Å². The molecule has 0 spiro atoms. The van der Waals surface area contributed by atoms with Gasteiger partial charge in [0.1, 0.15) is 0 Å². The van der Waals surface area contributed by atoms with Crippen LogP contribution in [0.15, 0.2) is 47.4 Å². The second-order valence-electron chi connectivity index (χ2n) is 7.78. The van der Waals surface area contributed by atoms with Gasteiger partial charge in [0.2, 0.25) is 10.0 Å². The summed E-state index contributed by atoms with van der Waals surface area (Å²) in [7, 11) is -3.46. The summed E-state index contributed by atoms with van der Waals surface area (Å²) in [4.78, 5) is 2.89. The maximum atomic E-state index is 12.8.